The molecule has 0 atom stereocenters. The SMILES string of the molecule is N#Cc1ccc(C(=O)Nc2cncc(Br)c2)cc1. The summed E-state index contributed by atoms with van der Waals surface area (Å²) < 4.78 is 0.792. The topological polar surface area (TPSA) is 65.8 Å². The van der Waals surface area contributed by atoms with Crippen LogP contribution in [0.2, 0.25) is 0 Å². The van der Waals surface area contributed by atoms with Crippen LogP contribution in [-0.4, -0.2) is 10.9 Å². The molecule has 0 bridgehead atoms. The van der Waals surface area contributed by atoms with Crippen molar-refractivity contribution in [1.29, 1.82) is 5.26 Å². The number of benzene rings is 1. The smallest absolute Gasteiger partial charge is 0.255 e. The van der Waals surface area contributed by atoms with E-state index in [0.29, 0.717) is 16.8 Å². The summed E-state index contributed by atoms with van der Waals surface area (Å²) >= 11 is 3.28. The number of nitrogens with zero attached hydrogens (tertiary/aromatic N) is 2. The van der Waals surface area contributed by atoms with Crippen molar-refractivity contribution in [2.24, 2.45) is 0 Å². The predicted octanol–water partition coefficient (Wildman–Crippen LogP) is 2.97. The first-order valence-corrected chi connectivity index (χ1v) is 5.90. The quantitative estimate of drug-likeness (QED) is 0.927. The van der Waals surface area contributed by atoms with Gasteiger partial charge in [-0.1, -0.05) is 0 Å². The Hall–Kier alpha value is -2.19. The average Bonchev–Trinajstić information content (AvgIpc) is 2.39. The Balaban J connectivity index is 2.14. The molecule has 2 rings (SSSR count). The highest BCUT2D eigenvalue weighted by molar-refractivity contribution is 9.10. The van der Waals surface area contributed by atoms with Crippen molar-refractivity contribution in [2.75, 3.05) is 5.32 Å². The molecule has 0 radical (unpaired) electrons. The first-order chi connectivity index (χ1) is 8.69. The predicted molar refractivity (Wildman–Crippen MR) is 71.0 cm³/mol. The number of hydrogen-bond acceptors (Lipinski definition) is 3. The Kier molecular flexibility index (Phi) is 3.70. The van der Waals surface area contributed by atoms with Crippen LogP contribution in [0, 0.1) is 11.3 Å². The van der Waals surface area contributed by atoms with Crippen LogP contribution in [0.3, 0.4) is 0 Å². The fourth-order valence-electron chi connectivity index (χ4n) is 1.38. The molecule has 0 aliphatic rings. The molecular formula is C13H8BrN3O. The van der Waals surface area contributed by atoms with Gasteiger partial charge in [0, 0.05) is 16.2 Å². The van der Waals surface area contributed by atoms with E-state index >= 15 is 0 Å². The summed E-state index contributed by atoms with van der Waals surface area (Å²) in [6.45, 7) is 0. The molecule has 0 unspecified atom stereocenters. The molecule has 0 aliphatic heterocycles. The minimum Gasteiger partial charge on any atom is -0.321 e. The van der Waals surface area contributed by atoms with Gasteiger partial charge in [-0.2, -0.15) is 5.26 Å². The van der Waals surface area contributed by atoms with E-state index in [1.807, 2.05) is 6.07 Å². The summed E-state index contributed by atoms with van der Waals surface area (Å²) in [5, 5.41) is 11.4. The first-order valence-electron chi connectivity index (χ1n) is 5.11. The van der Waals surface area contributed by atoms with Crippen LogP contribution in [0.5, 0.6) is 0 Å². The monoisotopic (exact) mass is 301 g/mol. The largest absolute Gasteiger partial charge is 0.321 e. The Bertz CT molecular complexity index is 617. The van der Waals surface area contributed by atoms with Crippen LogP contribution in [0.25, 0.3) is 0 Å². The van der Waals surface area contributed by atoms with Gasteiger partial charge in [0.05, 0.1) is 23.5 Å². The Labute approximate surface area is 112 Å². The number of aromatic nitrogens is 1. The maximum absolute atomic E-state index is 11.9. The maximum atomic E-state index is 11.9. The molecule has 88 valence electrons. The van der Waals surface area contributed by atoms with Crippen molar-refractivity contribution in [3.05, 3.63) is 58.3 Å². The van der Waals surface area contributed by atoms with Gasteiger partial charge >= 0.3 is 0 Å². The van der Waals surface area contributed by atoms with Gasteiger partial charge in [-0.3, -0.25) is 9.78 Å². The standard InChI is InChI=1S/C13H8BrN3O/c14-11-5-12(8-16-7-11)17-13(18)10-3-1-9(6-15)2-4-10/h1-5,7-8H,(H,17,18). The van der Waals surface area contributed by atoms with Crippen LogP contribution in [-0.2, 0) is 0 Å². The lowest BCUT2D eigenvalue weighted by Gasteiger charge is -2.05. The van der Waals surface area contributed by atoms with Crippen LogP contribution < -0.4 is 5.32 Å². The minimum atomic E-state index is -0.237. The van der Waals surface area contributed by atoms with Crippen molar-refractivity contribution in [2.45, 2.75) is 0 Å². The van der Waals surface area contributed by atoms with Gasteiger partial charge in [0.2, 0.25) is 0 Å². The van der Waals surface area contributed by atoms with Gasteiger partial charge in [-0.05, 0) is 46.3 Å². The van der Waals surface area contributed by atoms with Gasteiger partial charge in [0.15, 0.2) is 0 Å². The van der Waals surface area contributed by atoms with Crippen molar-refractivity contribution in [3.63, 3.8) is 0 Å². The summed E-state index contributed by atoms with van der Waals surface area (Å²) in [7, 11) is 0. The fraction of sp³-hybridized carbons (Fsp3) is 0. The highest BCUT2D eigenvalue weighted by Gasteiger charge is 2.06. The second-order valence-electron chi connectivity index (χ2n) is 3.54. The van der Waals surface area contributed by atoms with Crippen molar-refractivity contribution < 1.29 is 4.79 Å². The third-order valence-corrected chi connectivity index (χ3v) is 2.67. The highest BCUT2D eigenvalue weighted by Crippen LogP contribution is 2.14. The number of pyridine rings is 1. The molecule has 0 fully saturated rings. The lowest BCUT2D eigenvalue weighted by Crippen LogP contribution is -2.11. The molecule has 0 aliphatic carbocycles. The molecule has 0 saturated heterocycles. The van der Waals surface area contributed by atoms with Gasteiger partial charge in [0.1, 0.15) is 0 Å². The number of carbonyl (C=O) groups is 1. The number of nitriles is 1. The van der Waals surface area contributed by atoms with Gasteiger partial charge in [-0.25, -0.2) is 0 Å². The lowest BCUT2D eigenvalue weighted by molar-refractivity contribution is 0.102. The second-order valence-corrected chi connectivity index (χ2v) is 4.45. The number of hydrogen-bond donors (Lipinski definition) is 1. The molecule has 5 heteroatoms. The summed E-state index contributed by atoms with van der Waals surface area (Å²) in [4.78, 5) is 15.8. The Morgan fingerprint density at radius 2 is 2.00 bits per heavy atom. The number of rotatable bonds is 2. The third-order valence-electron chi connectivity index (χ3n) is 2.24. The third kappa shape index (κ3) is 2.93. The lowest BCUT2D eigenvalue weighted by atomic mass is 10.1. The molecule has 2 aromatic rings. The molecule has 1 N–H and O–H groups in total. The van der Waals surface area contributed by atoms with Crippen LogP contribution in [0.1, 0.15) is 15.9 Å². The molecule has 0 spiro atoms. The van der Waals surface area contributed by atoms with E-state index < -0.39 is 0 Å². The molecule has 1 amide bonds. The zero-order valence-electron chi connectivity index (χ0n) is 9.22. The highest BCUT2D eigenvalue weighted by atomic mass is 79.9. The van der Waals surface area contributed by atoms with Crippen LogP contribution >= 0.6 is 15.9 Å². The van der Waals surface area contributed by atoms with Gasteiger partial charge in [0.25, 0.3) is 5.91 Å². The Morgan fingerprint density at radius 3 is 2.61 bits per heavy atom. The molecule has 1 aromatic carbocycles. The van der Waals surface area contributed by atoms with E-state index in [1.165, 1.54) is 0 Å². The van der Waals surface area contributed by atoms with Crippen LogP contribution in [0.15, 0.2) is 47.2 Å². The number of halogens is 1. The van der Waals surface area contributed by atoms with Gasteiger partial charge < -0.3 is 5.32 Å². The normalized spacial score (nSPS) is 9.56. The summed E-state index contributed by atoms with van der Waals surface area (Å²) in [6, 6.07) is 10.2. The minimum absolute atomic E-state index is 0.237. The summed E-state index contributed by atoms with van der Waals surface area (Å²) in [5.74, 6) is -0.237. The molecule has 0 saturated carbocycles. The number of nitrogens with one attached hydrogen (secondary N) is 1. The first kappa shape index (κ1) is 12.3. The molecule has 18 heavy (non-hydrogen) atoms. The van der Waals surface area contributed by atoms with Crippen molar-refractivity contribution >= 4 is 27.5 Å². The van der Waals surface area contributed by atoms with Crippen molar-refractivity contribution in [3.8, 4) is 6.07 Å². The number of carbonyl (C=O) groups excluding carboxylic acids is 1. The Morgan fingerprint density at radius 1 is 1.28 bits per heavy atom. The summed E-state index contributed by atoms with van der Waals surface area (Å²) in [6.07, 6.45) is 3.20. The zero-order valence-corrected chi connectivity index (χ0v) is 10.8. The second kappa shape index (κ2) is 5.43. The van der Waals surface area contributed by atoms with E-state index in [2.05, 4.69) is 26.2 Å². The molecule has 1 heterocycles. The van der Waals surface area contributed by atoms with E-state index in [0.717, 1.165) is 4.47 Å². The van der Waals surface area contributed by atoms with E-state index in [4.69, 9.17) is 5.26 Å². The van der Waals surface area contributed by atoms with E-state index in [-0.39, 0.29) is 5.91 Å². The number of anilines is 1. The van der Waals surface area contributed by atoms with E-state index in [9.17, 15) is 4.79 Å². The zero-order chi connectivity index (χ0) is 13.0. The maximum Gasteiger partial charge on any atom is 0.255 e. The van der Waals surface area contributed by atoms with Crippen molar-refractivity contribution in [1.82, 2.24) is 4.98 Å². The van der Waals surface area contributed by atoms with Gasteiger partial charge in [-0.15, -0.1) is 0 Å². The number of amides is 1. The van der Waals surface area contributed by atoms with E-state index in [1.54, 1.807) is 42.7 Å². The molecule has 1 aromatic heterocycles. The van der Waals surface area contributed by atoms with Crippen LogP contribution in [0.4, 0.5) is 5.69 Å². The fourth-order valence-corrected chi connectivity index (χ4v) is 1.74. The molecule has 4 nitrogen and oxygen atoms in total. The average molecular weight is 302 g/mol. The molecular weight excluding hydrogens is 294 g/mol. The summed E-state index contributed by atoms with van der Waals surface area (Å²) in [5.41, 5.74) is 1.63.